The lowest BCUT2D eigenvalue weighted by Gasteiger charge is -2.41. The number of fused-ring (bicyclic) bond motifs is 1. The van der Waals surface area contributed by atoms with E-state index in [1.165, 1.54) is 27.4 Å². The Morgan fingerprint density at radius 3 is 1.87 bits per heavy atom. The predicted octanol–water partition coefficient (Wildman–Crippen LogP) is 7.14. The van der Waals surface area contributed by atoms with Crippen LogP contribution in [0, 0.1) is 6.92 Å². The number of rotatable bonds is 17. The van der Waals surface area contributed by atoms with Crippen molar-refractivity contribution in [3.63, 3.8) is 0 Å². The van der Waals surface area contributed by atoms with Crippen molar-refractivity contribution in [2.75, 3.05) is 33.1 Å². The molecule has 2 aliphatic heterocycles. The molecular formula is C49H47N3O9S. The monoisotopic (exact) mass is 853 g/mol. The van der Waals surface area contributed by atoms with Crippen LogP contribution in [-0.2, 0) is 26.4 Å². The largest absolute Gasteiger partial charge is 0.497 e. The van der Waals surface area contributed by atoms with Crippen LogP contribution in [0.3, 0.4) is 0 Å². The number of aromatic amines is 1. The number of aryl methyl sites for hydroxylation is 1. The molecular weight excluding hydrogens is 807 g/mol. The van der Waals surface area contributed by atoms with E-state index in [2.05, 4.69) is 4.98 Å². The van der Waals surface area contributed by atoms with Crippen LogP contribution in [0.15, 0.2) is 149 Å². The molecule has 5 aromatic carbocycles. The Balaban J connectivity index is 1.22. The Kier molecular flexibility index (Phi) is 12.9. The Morgan fingerprint density at radius 1 is 0.742 bits per heavy atom. The van der Waals surface area contributed by atoms with Crippen LogP contribution in [0.25, 0.3) is 0 Å². The van der Waals surface area contributed by atoms with Crippen molar-refractivity contribution in [3.05, 3.63) is 199 Å². The zero-order valence-electron chi connectivity index (χ0n) is 34.6. The van der Waals surface area contributed by atoms with Gasteiger partial charge in [-0.25, -0.2) is 4.79 Å². The molecule has 1 unspecified atom stereocenters. The number of thioether (sulfide) groups is 1. The van der Waals surface area contributed by atoms with Gasteiger partial charge in [0.15, 0.2) is 0 Å². The molecule has 2 amide bonds. The second-order valence-corrected chi connectivity index (χ2v) is 16.5. The molecule has 62 heavy (non-hydrogen) atoms. The second kappa shape index (κ2) is 18.8. The number of amides is 2. The normalized spacial score (nSPS) is 17.9. The number of aromatic nitrogens is 2. The average Bonchev–Trinajstić information content (AvgIpc) is 3.84. The number of hydrogen-bond donors (Lipinski definition) is 1. The van der Waals surface area contributed by atoms with Gasteiger partial charge in [-0.15, -0.1) is 0 Å². The molecule has 1 fully saturated rings. The molecule has 0 saturated carbocycles. The van der Waals surface area contributed by atoms with E-state index >= 15 is 0 Å². The molecule has 2 aliphatic rings. The van der Waals surface area contributed by atoms with Crippen molar-refractivity contribution in [2.45, 2.75) is 49.2 Å². The Morgan fingerprint density at radius 2 is 1.29 bits per heavy atom. The first-order chi connectivity index (χ1) is 30.2. The lowest BCUT2D eigenvalue weighted by molar-refractivity contribution is -0.151. The molecule has 0 aliphatic carbocycles. The topological polar surface area (TPSA) is 138 Å². The van der Waals surface area contributed by atoms with E-state index in [1.54, 1.807) is 45.4 Å². The molecule has 12 nitrogen and oxygen atoms in total. The van der Waals surface area contributed by atoms with E-state index in [9.17, 15) is 19.2 Å². The maximum atomic E-state index is 13.4. The molecule has 3 heterocycles. The van der Waals surface area contributed by atoms with Crippen molar-refractivity contribution in [1.82, 2.24) is 14.5 Å². The number of H-pyrrole nitrogens is 1. The minimum absolute atomic E-state index is 0.0716. The predicted molar refractivity (Wildman–Crippen MR) is 236 cm³/mol. The molecule has 8 rings (SSSR count). The molecule has 1 saturated heterocycles. The molecule has 318 valence electrons. The molecule has 1 aromatic heterocycles. The summed E-state index contributed by atoms with van der Waals surface area (Å²) < 4.78 is 33.8. The van der Waals surface area contributed by atoms with Gasteiger partial charge < -0.3 is 23.7 Å². The van der Waals surface area contributed by atoms with Crippen LogP contribution in [0.2, 0.25) is 0 Å². The van der Waals surface area contributed by atoms with Gasteiger partial charge in [-0.05, 0) is 65.6 Å². The van der Waals surface area contributed by atoms with E-state index < -0.39 is 35.3 Å². The van der Waals surface area contributed by atoms with Gasteiger partial charge in [-0.1, -0.05) is 97.1 Å². The summed E-state index contributed by atoms with van der Waals surface area (Å²) >= 11 is 1.53. The fourth-order valence-electron chi connectivity index (χ4n) is 8.18. The standard InChI is InChI=1S/C49H47N3O9S/c1-32-29-52(48(56)50-45(32)53)43-28-42(62-27-26-51-46(54)39-16-10-11-17-40(39)47(51)55)44(60-43)41(31-59-30-33-12-6-4-7-13-33)61-49(34-14-8-5-9-15-34,35-18-22-37(57-2)23-19-35)36-20-24-38(58-3)25-21-36/h4-25,29,41-44H,26-28,30-31H2,1-3H3,(H,50,53,56)/t41?,42-,43+,44+/m0/s1. The summed E-state index contributed by atoms with van der Waals surface area (Å²) in [6, 6.07) is 42.1. The van der Waals surface area contributed by atoms with E-state index in [0.717, 1.165) is 22.3 Å². The number of nitrogens with one attached hydrogen (secondary N) is 1. The lowest BCUT2D eigenvalue weighted by atomic mass is 9.79. The van der Waals surface area contributed by atoms with Gasteiger partial charge in [-0.3, -0.25) is 28.8 Å². The zero-order chi connectivity index (χ0) is 43.2. The van der Waals surface area contributed by atoms with Crippen molar-refractivity contribution in [1.29, 1.82) is 0 Å². The van der Waals surface area contributed by atoms with E-state index in [0.29, 0.717) is 40.4 Å². The maximum absolute atomic E-state index is 13.4. The van der Waals surface area contributed by atoms with Crippen LogP contribution in [0.5, 0.6) is 11.5 Å². The summed E-state index contributed by atoms with van der Waals surface area (Å²) in [4.78, 5) is 56.3. The minimum atomic E-state index is -1.26. The third-order valence-electron chi connectivity index (χ3n) is 11.4. The van der Waals surface area contributed by atoms with E-state index in [4.69, 9.17) is 23.7 Å². The number of imide groups is 1. The molecule has 0 spiro atoms. The van der Waals surface area contributed by atoms with Crippen molar-refractivity contribution in [2.24, 2.45) is 0 Å². The molecule has 0 radical (unpaired) electrons. The Hall–Kier alpha value is -6.25. The number of methoxy groups -OCH3 is 2. The number of nitrogens with zero attached hydrogens (tertiary/aromatic N) is 2. The van der Waals surface area contributed by atoms with Gasteiger partial charge in [0.2, 0.25) is 0 Å². The summed E-state index contributed by atoms with van der Waals surface area (Å²) in [6.07, 6.45) is -0.469. The molecule has 0 bridgehead atoms. The molecule has 1 N–H and O–H groups in total. The minimum Gasteiger partial charge on any atom is -0.497 e. The maximum Gasteiger partial charge on any atom is 0.330 e. The number of ether oxygens (including phenoxy) is 5. The Bertz CT molecular complexity index is 2530. The summed E-state index contributed by atoms with van der Waals surface area (Å²) in [5, 5.41) is -0.347. The number of carbonyl (C=O) groups excluding carboxylic acids is 2. The average molecular weight is 854 g/mol. The second-order valence-electron chi connectivity index (χ2n) is 15.1. The van der Waals surface area contributed by atoms with Gasteiger partial charge in [0.05, 0.1) is 38.6 Å². The fourth-order valence-corrected chi connectivity index (χ4v) is 9.50. The van der Waals surface area contributed by atoms with Crippen molar-refractivity contribution in [3.8, 4) is 11.5 Å². The highest BCUT2D eigenvalue weighted by molar-refractivity contribution is 8.00. The first-order valence-electron chi connectivity index (χ1n) is 20.4. The van der Waals surface area contributed by atoms with Gasteiger partial charge >= 0.3 is 5.69 Å². The van der Waals surface area contributed by atoms with E-state index in [1.807, 2.05) is 109 Å². The van der Waals surface area contributed by atoms with Crippen LogP contribution in [-0.4, -0.2) is 76.8 Å². The summed E-state index contributed by atoms with van der Waals surface area (Å²) in [7, 11) is 3.24. The van der Waals surface area contributed by atoms with Gasteiger partial charge in [-0.2, -0.15) is 11.8 Å². The number of hydrogen-bond acceptors (Lipinski definition) is 10. The molecule has 13 heteroatoms. The highest BCUT2D eigenvalue weighted by Crippen LogP contribution is 2.46. The highest BCUT2D eigenvalue weighted by atomic mass is 32.2. The van der Waals surface area contributed by atoms with Crippen LogP contribution in [0.1, 0.15) is 61.2 Å². The molecule has 6 aromatic rings. The zero-order valence-corrected chi connectivity index (χ0v) is 35.4. The lowest BCUT2D eigenvalue weighted by Crippen LogP contribution is -2.46. The fraction of sp³-hybridized carbons (Fsp3) is 0.265. The summed E-state index contributed by atoms with van der Waals surface area (Å²) in [5.74, 6) is 1.06. The van der Waals surface area contributed by atoms with Gasteiger partial charge in [0.1, 0.15) is 35.5 Å². The third kappa shape index (κ3) is 8.62. The summed E-state index contributed by atoms with van der Waals surface area (Å²) in [6.45, 7) is 2.15. The van der Waals surface area contributed by atoms with Crippen LogP contribution < -0.4 is 20.7 Å². The van der Waals surface area contributed by atoms with Crippen LogP contribution >= 0.6 is 11.8 Å². The number of carbonyl (C=O) groups is 2. The molecule has 4 atom stereocenters. The van der Waals surface area contributed by atoms with Crippen LogP contribution in [0.4, 0.5) is 0 Å². The SMILES string of the molecule is COc1ccc(C(OC(COCc2ccccc2)[C@H]2O[C@@H](n3cc(C)c(=O)[nH]c3=O)C[C@@H]2SCCN2C(=O)c3ccccc3C2=O)(c2ccccc2)c2ccc(OC)cc2)cc1. The summed E-state index contributed by atoms with van der Waals surface area (Å²) in [5.41, 5.74) is 2.20. The Labute approximate surface area is 363 Å². The number of benzene rings is 5. The van der Waals surface area contributed by atoms with Crippen molar-refractivity contribution >= 4 is 23.6 Å². The van der Waals surface area contributed by atoms with E-state index in [-0.39, 0.29) is 36.8 Å². The highest BCUT2D eigenvalue weighted by Gasteiger charge is 2.48. The third-order valence-corrected chi connectivity index (χ3v) is 12.7. The van der Waals surface area contributed by atoms with Gasteiger partial charge in [0.25, 0.3) is 17.4 Å². The smallest absolute Gasteiger partial charge is 0.330 e. The van der Waals surface area contributed by atoms with Crippen molar-refractivity contribution < 1.29 is 33.3 Å². The first-order valence-corrected chi connectivity index (χ1v) is 21.4. The quantitative estimate of drug-likeness (QED) is 0.0745. The van der Waals surface area contributed by atoms with Gasteiger partial charge in [0, 0.05) is 35.7 Å². The first kappa shape index (κ1) is 42.4.